The van der Waals surface area contributed by atoms with Crippen LogP contribution in [0.15, 0.2) is 36.4 Å². The Morgan fingerprint density at radius 3 is 2.04 bits per heavy atom. The fourth-order valence-electron chi connectivity index (χ4n) is 4.11. The van der Waals surface area contributed by atoms with Crippen LogP contribution in [0.3, 0.4) is 0 Å². The topological polar surface area (TPSA) is 55.4 Å². The van der Waals surface area contributed by atoms with E-state index in [9.17, 15) is 0 Å². The minimum atomic E-state index is -0.200. The molecule has 6 heteroatoms. The van der Waals surface area contributed by atoms with Gasteiger partial charge in [0, 0.05) is 13.0 Å². The summed E-state index contributed by atoms with van der Waals surface area (Å²) in [7, 11) is 1.71. The molecule has 0 radical (unpaired) electrons. The van der Waals surface area contributed by atoms with Crippen LogP contribution in [-0.4, -0.2) is 33.6 Å². The molecule has 2 unspecified atom stereocenters. The summed E-state index contributed by atoms with van der Waals surface area (Å²) in [5.41, 5.74) is 2.42. The molecule has 2 aromatic rings. The zero-order valence-corrected chi connectivity index (χ0v) is 15.2. The Hall–Kier alpha value is -2.44. The van der Waals surface area contributed by atoms with Crippen LogP contribution in [-0.2, 0) is 22.3 Å². The Morgan fingerprint density at radius 2 is 1.41 bits per heavy atom. The van der Waals surface area contributed by atoms with E-state index in [2.05, 4.69) is 24.3 Å². The Labute approximate surface area is 157 Å². The van der Waals surface area contributed by atoms with Crippen LogP contribution in [0.4, 0.5) is 0 Å². The first-order valence-corrected chi connectivity index (χ1v) is 9.21. The molecule has 0 aromatic heterocycles. The van der Waals surface area contributed by atoms with Gasteiger partial charge in [-0.3, -0.25) is 0 Å². The average molecular weight is 370 g/mol. The molecule has 142 valence electrons. The quantitative estimate of drug-likeness (QED) is 0.806. The minimum absolute atomic E-state index is 0.200. The number of hydrogen-bond acceptors (Lipinski definition) is 6. The van der Waals surface area contributed by atoms with E-state index < -0.39 is 0 Å². The zero-order chi connectivity index (χ0) is 18.2. The number of ether oxygens (including phenoxy) is 6. The third kappa shape index (κ3) is 3.19. The van der Waals surface area contributed by atoms with E-state index in [0.717, 1.165) is 35.8 Å². The van der Waals surface area contributed by atoms with Gasteiger partial charge in [-0.1, -0.05) is 12.1 Å². The van der Waals surface area contributed by atoms with Gasteiger partial charge in [-0.2, -0.15) is 0 Å². The highest BCUT2D eigenvalue weighted by Gasteiger charge is 2.37. The van der Waals surface area contributed by atoms with Gasteiger partial charge in [0.1, 0.15) is 0 Å². The number of benzene rings is 2. The molecule has 6 nitrogen and oxygen atoms in total. The van der Waals surface area contributed by atoms with Gasteiger partial charge < -0.3 is 28.4 Å². The fraction of sp³-hybridized carbons (Fsp3) is 0.429. The first kappa shape index (κ1) is 16.7. The molecule has 5 rings (SSSR count). The zero-order valence-electron chi connectivity index (χ0n) is 15.2. The lowest BCUT2D eigenvalue weighted by molar-refractivity contribution is -0.110. The van der Waals surface area contributed by atoms with Crippen molar-refractivity contribution in [3.8, 4) is 23.0 Å². The maximum Gasteiger partial charge on any atom is 0.231 e. The van der Waals surface area contributed by atoms with Crippen molar-refractivity contribution in [1.29, 1.82) is 0 Å². The second-order valence-corrected chi connectivity index (χ2v) is 7.14. The lowest BCUT2D eigenvalue weighted by Crippen LogP contribution is -2.25. The molecular formula is C21H22O6. The van der Waals surface area contributed by atoms with Crippen LogP contribution < -0.4 is 18.9 Å². The third-order valence-corrected chi connectivity index (χ3v) is 5.51. The van der Waals surface area contributed by atoms with Crippen LogP contribution in [0.1, 0.15) is 11.1 Å². The van der Waals surface area contributed by atoms with Gasteiger partial charge in [-0.05, 0) is 54.2 Å². The lowest BCUT2D eigenvalue weighted by Gasteiger charge is -2.22. The first-order valence-electron chi connectivity index (χ1n) is 9.21. The second kappa shape index (κ2) is 6.94. The number of methoxy groups -OCH3 is 1. The number of hydrogen-bond donors (Lipinski definition) is 0. The van der Waals surface area contributed by atoms with Crippen LogP contribution in [0.2, 0.25) is 0 Å². The summed E-state index contributed by atoms with van der Waals surface area (Å²) in [6.45, 7) is 1.27. The van der Waals surface area contributed by atoms with Gasteiger partial charge in [-0.15, -0.1) is 0 Å². The average Bonchev–Trinajstić information content (AvgIpc) is 3.41. The summed E-state index contributed by atoms with van der Waals surface area (Å²) in [6.07, 6.45) is 1.57. The van der Waals surface area contributed by atoms with E-state index >= 15 is 0 Å². The largest absolute Gasteiger partial charge is 0.454 e. The Morgan fingerprint density at radius 1 is 0.815 bits per heavy atom. The summed E-state index contributed by atoms with van der Waals surface area (Å²) in [4.78, 5) is 0. The van der Waals surface area contributed by atoms with Gasteiger partial charge in [0.25, 0.3) is 0 Å². The van der Waals surface area contributed by atoms with Gasteiger partial charge in [-0.25, -0.2) is 0 Å². The molecule has 3 heterocycles. The van der Waals surface area contributed by atoms with Crippen molar-refractivity contribution in [2.24, 2.45) is 11.8 Å². The smallest absolute Gasteiger partial charge is 0.231 e. The predicted molar refractivity (Wildman–Crippen MR) is 96.3 cm³/mol. The Balaban J connectivity index is 1.34. The van der Waals surface area contributed by atoms with Crippen LogP contribution in [0.5, 0.6) is 23.0 Å². The molecule has 2 aromatic carbocycles. The molecule has 1 saturated heterocycles. The van der Waals surface area contributed by atoms with E-state index in [1.165, 1.54) is 11.1 Å². The van der Waals surface area contributed by atoms with Crippen molar-refractivity contribution in [2.45, 2.75) is 19.1 Å². The summed E-state index contributed by atoms with van der Waals surface area (Å²) < 4.78 is 33.4. The van der Waals surface area contributed by atoms with Crippen LogP contribution in [0, 0.1) is 11.8 Å². The summed E-state index contributed by atoms with van der Waals surface area (Å²) >= 11 is 0. The molecule has 0 aliphatic carbocycles. The van der Waals surface area contributed by atoms with Gasteiger partial charge >= 0.3 is 0 Å². The van der Waals surface area contributed by atoms with Crippen molar-refractivity contribution < 1.29 is 28.4 Å². The normalized spacial score (nSPS) is 25.1. The second-order valence-electron chi connectivity index (χ2n) is 7.14. The standard InChI is InChI=1S/C21H22O6/c1-22-21-16(7-14-3-5-18-20(9-14)27-12-25-18)15(10-23-21)6-13-2-4-17-19(8-13)26-11-24-17/h2-5,8-9,15-16,21H,6-7,10-12H2,1H3/t15?,16-,21?/m0/s1. The highest BCUT2D eigenvalue weighted by molar-refractivity contribution is 5.45. The van der Waals surface area contributed by atoms with E-state index in [0.29, 0.717) is 26.1 Å². The molecule has 1 fully saturated rings. The van der Waals surface area contributed by atoms with Crippen molar-refractivity contribution in [3.63, 3.8) is 0 Å². The van der Waals surface area contributed by atoms with E-state index in [1.807, 2.05) is 12.1 Å². The highest BCUT2D eigenvalue weighted by Crippen LogP contribution is 2.38. The molecule has 0 bridgehead atoms. The maximum atomic E-state index is 5.92. The molecular weight excluding hydrogens is 348 g/mol. The molecule has 0 spiro atoms. The molecule has 3 aliphatic rings. The summed E-state index contributed by atoms with van der Waals surface area (Å²) in [5, 5.41) is 0. The van der Waals surface area contributed by atoms with Gasteiger partial charge in [0.15, 0.2) is 29.3 Å². The van der Waals surface area contributed by atoms with Crippen LogP contribution in [0.25, 0.3) is 0 Å². The molecule has 3 aliphatic heterocycles. The lowest BCUT2D eigenvalue weighted by atomic mass is 9.84. The van der Waals surface area contributed by atoms with Crippen molar-refractivity contribution in [1.82, 2.24) is 0 Å². The van der Waals surface area contributed by atoms with Crippen molar-refractivity contribution >= 4 is 0 Å². The van der Waals surface area contributed by atoms with Gasteiger partial charge in [0.2, 0.25) is 13.6 Å². The Kier molecular flexibility index (Phi) is 4.30. The Bertz CT molecular complexity index is 835. The van der Waals surface area contributed by atoms with E-state index in [4.69, 9.17) is 28.4 Å². The first-order chi connectivity index (χ1) is 13.3. The molecule has 0 saturated carbocycles. The monoisotopic (exact) mass is 370 g/mol. The van der Waals surface area contributed by atoms with E-state index in [-0.39, 0.29) is 12.2 Å². The number of rotatable bonds is 5. The molecule has 0 N–H and O–H groups in total. The fourth-order valence-corrected chi connectivity index (χ4v) is 4.11. The molecule has 27 heavy (non-hydrogen) atoms. The van der Waals surface area contributed by atoms with Crippen molar-refractivity contribution in [2.75, 3.05) is 27.3 Å². The molecule has 3 atom stereocenters. The SMILES string of the molecule is COC1OCC(Cc2ccc3c(c2)OCO3)[C@@H]1Cc1ccc2c(c1)OCO2. The maximum absolute atomic E-state index is 5.92. The minimum Gasteiger partial charge on any atom is -0.454 e. The summed E-state index contributed by atoms with van der Waals surface area (Å²) in [5.74, 6) is 3.88. The molecule has 0 amide bonds. The van der Waals surface area contributed by atoms with Gasteiger partial charge in [0.05, 0.1) is 6.61 Å². The highest BCUT2D eigenvalue weighted by atomic mass is 16.7. The predicted octanol–water partition coefficient (Wildman–Crippen LogP) is 3.16. The van der Waals surface area contributed by atoms with E-state index in [1.54, 1.807) is 7.11 Å². The third-order valence-electron chi connectivity index (χ3n) is 5.51. The summed E-state index contributed by atoms with van der Waals surface area (Å²) in [6, 6.07) is 12.3. The number of fused-ring (bicyclic) bond motifs is 2. The van der Waals surface area contributed by atoms with Crippen molar-refractivity contribution in [3.05, 3.63) is 47.5 Å². The van der Waals surface area contributed by atoms with Crippen LogP contribution >= 0.6 is 0 Å².